The molecule has 1 aromatic carbocycles. The van der Waals surface area contributed by atoms with E-state index in [2.05, 4.69) is 83.1 Å². The lowest BCUT2D eigenvalue weighted by Crippen LogP contribution is -2.39. The molecule has 1 aromatic rings. The van der Waals surface area contributed by atoms with Gasteiger partial charge in [-0.2, -0.15) is 0 Å². The standard InChI is InChI=1S/C12H24.C12H18.C6H12.CH4/c2*1-7-8(2)10(4)12(6)11(5)9(7)3;1-2-4-6-5-3-1;/h7-12H,1-6H3;1-6H3;1-6H2;1H4. The summed E-state index contributed by atoms with van der Waals surface area (Å²) < 4.78 is 0. The van der Waals surface area contributed by atoms with E-state index < -0.39 is 0 Å². The molecule has 0 amide bonds. The summed E-state index contributed by atoms with van der Waals surface area (Å²) in [7, 11) is 0. The van der Waals surface area contributed by atoms with Crippen LogP contribution in [0, 0.1) is 77.0 Å². The number of hydrogen-bond acceptors (Lipinski definition) is 0. The van der Waals surface area contributed by atoms with E-state index in [1.54, 1.807) is 0 Å². The number of rotatable bonds is 0. The first kappa shape index (κ1) is 30.2. The summed E-state index contributed by atoms with van der Waals surface area (Å²) in [6.07, 6.45) is 9.00. The van der Waals surface area contributed by atoms with E-state index in [9.17, 15) is 0 Å². The van der Waals surface area contributed by atoms with Gasteiger partial charge in [-0.05, 0) is 110 Å². The lowest BCUT2D eigenvalue weighted by molar-refractivity contribution is 0.0302. The molecule has 0 spiro atoms. The van der Waals surface area contributed by atoms with Gasteiger partial charge in [0.05, 0.1) is 0 Å². The smallest absolute Gasteiger partial charge is 0.0386 e. The van der Waals surface area contributed by atoms with E-state index >= 15 is 0 Å². The topological polar surface area (TPSA) is 0 Å². The number of benzene rings is 1. The zero-order valence-electron chi connectivity index (χ0n) is 22.7. The van der Waals surface area contributed by atoms with Crippen LogP contribution in [0.25, 0.3) is 0 Å². The molecule has 2 aliphatic carbocycles. The molecule has 182 valence electrons. The molecule has 0 atom stereocenters. The van der Waals surface area contributed by atoms with E-state index in [0.717, 1.165) is 35.5 Å². The molecule has 0 unspecified atom stereocenters. The molecule has 0 saturated heterocycles. The van der Waals surface area contributed by atoms with E-state index in [1.165, 1.54) is 71.9 Å². The first-order valence-electron chi connectivity index (χ1n) is 13.0. The highest BCUT2D eigenvalue weighted by molar-refractivity contribution is 5.48. The second-order valence-electron chi connectivity index (χ2n) is 11.0. The highest BCUT2D eigenvalue weighted by Crippen LogP contribution is 2.44. The van der Waals surface area contributed by atoms with Gasteiger partial charge in [0, 0.05) is 0 Å². The first-order chi connectivity index (χ1) is 13.9. The highest BCUT2D eigenvalue weighted by Gasteiger charge is 2.38. The zero-order valence-corrected chi connectivity index (χ0v) is 22.7. The maximum Gasteiger partial charge on any atom is -0.0386 e. The van der Waals surface area contributed by atoms with Crippen molar-refractivity contribution in [3.63, 3.8) is 0 Å². The Morgan fingerprint density at radius 2 is 0.419 bits per heavy atom. The highest BCUT2D eigenvalue weighted by atomic mass is 14.4. The molecule has 0 aliphatic heterocycles. The van der Waals surface area contributed by atoms with Crippen LogP contribution in [-0.4, -0.2) is 0 Å². The minimum atomic E-state index is 0. The Balaban J connectivity index is 0.000000451. The molecule has 0 radical (unpaired) electrons. The van der Waals surface area contributed by atoms with Crippen LogP contribution >= 0.6 is 0 Å². The van der Waals surface area contributed by atoms with Crippen molar-refractivity contribution in [3.05, 3.63) is 33.4 Å². The van der Waals surface area contributed by atoms with Gasteiger partial charge >= 0.3 is 0 Å². The lowest BCUT2D eigenvalue weighted by Gasteiger charge is -2.45. The van der Waals surface area contributed by atoms with Crippen LogP contribution in [0.2, 0.25) is 0 Å². The van der Waals surface area contributed by atoms with Crippen molar-refractivity contribution in [1.29, 1.82) is 0 Å². The largest absolute Gasteiger partial charge is 0.0776 e. The van der Waals surface area contributed by atoms with Crippen LogP contribution in [0.15, 0.2) is 0 Å². The monoisotopic (exact) mass is 430 g/mol. The molecule has 31 heavy (non-hydrogen) atoms. The average molecular weight is 431 g/mol. The molecule has 3 rings (SSSR count). The van der Waals surface area contributed by atoms with E-state index in [-0.39, 0.29) is 7.43 Å². The van der Waals surface area contributed by atoms with Crippen LogP contribution in [0.4, 0.5) is 0 Å². The van der Waals surface area contributed by atoms with Gasteiger partial charge in [-0.25, -0.2) is 0 Å². The fraction of sp³-hybridized carbons (Fsp3) is 0.806. The van der Waals surface area contributed by atoms with Crippen molar-refractivity contribution in [1.82, 2.24) is 0 Å². The van der Waals surface area contributed by atoms with Crippen molar-refractivity contribution in [2.24, 2.45) is 35.5 Å². The number of hydrogen-bond donors (Lipinski definition) is 0. The molecule has 0 heteroatoms. The Morgan fingerprint density at radius 3 is 0.516 bits per heavy atom. The Morgan fingerprint density at radius 1 is 0.323 bits per heavy atom. The Bertz CT molecular complexity index is 473. The molecule has 0 heterocycles. The van der Waals surface area contributed by atoms with Crippen molar-refractivity contribution < 1.29 is 0 Å². The van der Waals surface area contributed by atoms with Crippen molar-refractivity contribution in [2.75, 3.05) is 0 Å². The molecular weight excluding hydrogens is 372 g/mol. The van der Waals surface area contributed by atoms with Crippen molar-refractivity contribution in [3.8, 4) is 0 Å². The van der Waals surface area contributed by atoms with Gasteiger partial charge in [0.25, 0.3) is 0 Å². The third-order valence-corrected chi connectivity index (χ3v) is 9.85. The molecule has 0 nitrogen and oxygen atoms in total. The predicted molar refractivity (Wildman–Crippen MR) is 144 cm³/mol. The van der Waals surface area contributed by atoms with Crippen LogP contribution in [0.3, 0.4) is 0 Å². The van der Waals surface area contributed by atoms with Gasteiger partial charge in [0.1, 0.15) is 0 Å². The first-order valence-corrected chi connectivity index (χ1v) is 13.0. The maximum absolute atomic E-state index is 2.42. The second kappa shape index (κ2) is 13.7. The van der Waals surface area contributed by atoms with Gasteiger partial charge < -0.3 is 0 Å². The minimum absolute atomic E-state index is 0. The third kappa shape index (κ3) is 7.64. The van der Waals surface area contributed by atoms with Crippen LogP contribution in [0.1, 0.15) is 121 Å². The summed E-state index contributed by atoms with van der Waals surface area (Å²) in [5.41, 5.74) is 8.73. The third-order valence-electron chi connectivity index (χ3n) is 9.85. The Kier molecular flexibility index (Phi) is 13.4. The van der Waals surface area contributed by atoms with Gasteiger partial charge in [0.2, 0.25) is 0 Å². The Hall–Kier alpha value is -0.780. The molecule has 2 fully saturated rings. The van der Waals surface area contributed by atoms with Crippen LogP contribution in [-0.2, 0) is 0 Å². The molecule has 0 N–H and O–H groups in total. The van der Waals surface area contributed by atoms with Crippen LogP contribution in [0.5, 0.6) is 0 Å². The summed E-state index contributed by atoms with van der Waals surface area (Å²) in [5, 5.41) is 0. The molecule has 2 aliphatic rings. The van der Waals surface area contributed by atoms with Gasteiger partial charge in [-0.3, -0.25) is 0 Å². The molecule has 0 aromatic heterocycles. The zero-order chi connectivity index (χ0) is 23.2. The average Bonchev–Trinajstić information content (AvgIpc) is 2.78. The summed E-state index contributed by atoms with van der Waals surface area (Å²) in [4.78, 5) is 0. The predicted octanol–water partition coefficient (Wildman–Crippen LogP) is 10.3. The summed E-state index contributed by atoms with van der Waals surface area (Å²) in [5.74, 6) is 5.45. The fourth-order valence-electron chi connectivity index (χ4n) is 5.62. The Labute approximate surface area is 198 Å². The van der Waals surface area contributed by atoms with Gasteiger partial charge in [0.15, 0.2) is 0 Å². The minimum Gasteiger partial charge on any atom is -0.0776 e. The van der Waals surface area contributed by atoms with E-state index in [0.29, 0.717) is 0 Å². The summed E-state index contributed by atoms with van der Waals surface area (Å²) >= 11 is 0. The van der Waals surface area contributed by atoms with E-state index in [1.807, 2.05) is 0 Å². The van der Waals surface area contributed by atoms with Crippen molar-refractivity contribution >= 4 is 0 Å². The molecular formula is C31H58. The summed E-state index contributed by atoms with van der Waals surface area (Å²) in [6.45, 7) is 27.8. The quantitative estimate of drug-likeness (QED) is 0.384. The normalized spacial score (nSPS) is 30.2. The van der Waals surface area contributed by atoms with Crippen LogP contribution < -0.4 is 0 Å². The lowest BCUT2D eigenvalue weighted by atomic mass is 9.60. The second-order valence-corrected chi connectivity index (χ2v) is 11.0. The summed E-state index contributed by atoms with van der Waals surface area (Å²) in [6, 6.07) is 0. The van der Waals surface area contributed by atoms with Gasteiger partial charge in [-0.1, -0.05) is 87.5 Å². The molecule has 2 saturated carbocycles. The molecule has 0 bridgehead atoms. The fourth-order valence-corrected chi connectivity index (χ4v) is 5.62. The van der Waals surface area contributed by atoms with Gasteiger partial charge in [-0.15, -0.1) is 0 Å². The van der Waals surface area contributed by atoms with E-state index in [4.69, 9.17) is 0 Å². The SMILES string of the molecule is C.C1CCCCC1.CC1C(C)C(C)C(C)C(C)C1C.Cc1c(C)c(C)c(C)c(C)c1C. The van der Waals surface area contributed by atoms with Crippen molar-refractivity contribution in [2.45, 2.75) is 129 Å². The maximum atomic E-state index is 2.42.